The van der Waals surface area contributed by atoms with Gasteiger partial charge in [0.05, 0.1) is 0 Å². The van der Waals surface area contributed by atoms with Gasteiger partial charge in [0.15, 0.2) is 0 Å². The maximum atomic E-state index is 11.7. The van der Waals surface area contributed by atoms with E-state index < -0.39 is 5.67 Å². The highest BCUT2D eigenvalue weighted by atomic mass is 19.1. The zero-order chi connectivity index (χ0) is 18.8. The van der Waals surface area contributed by atoms with E-state index in [0.717, 1.165) is 11.8 Å². The van der Waals surface area contributed by atoms with Crippen LogP contribution in [0.3, 0.4) is 0 Å². The molecule has 0 rings (SSSR count). The predicted octanol–water partition coefficient (Wildman–Crippen LogP) is 8.24. The summed E-state index contributed by atoms with van der Waals surface area (Å²) < 4.78 is 11.7. The van der Waals surface area contributed by atoms with Crippen molar-refractivity contribution in [1.29, 1.82) is 0 Å². The zero-order valence-electron chi connectivity index (χ0n) is 17.4. The van der Waals surface area contributed by atoms with Gasteiger partial charge in [-0.05, 0) is 60.3 Å². The normalized spacial score (nSPS) is 8.76. The topological polar surface area (TPSA) is 0 Å². The Labute approximate surface area is 136 Å². The highest BCUT2D eigenvalue weighted by molar-refractivity contribution is 4.79. The number of allylic oxidation sites excluding steroid dienone is 2. The van der Waals surface area contributed by atoms with Gasteiger partial charge in [-0.15, -0.1) is 13.2 Å². The van der Waals surface area contributed by atoms with Crippen molar-refractivity contribution in [3.63, 3.8) is 0 Å². The average Bonchev–Trinajstić information content (AvgIpc) is 1.91. The maximum Gasteiger partial charge on any atom is 0.102 e. The van der Waals surface area contributed by atoms with E-state index >= 15 is 0 Å². The Kier molecular flexibility index (Phi) is 33.5. The standard InChI is InChI=1S/C4H9F.2C4H10.2C4H8/c1-4(2,3)5;4*1-4(2)3/h1-3H3;2*4H,1-3H3;2*1H2,2-3H3. The molecule has 0 aromatic rings. The van der Waals surface area contributed by atoms with Crippen LogP contribution in [0.5, 0.6) is 0 Å². The largest absolute Gasteiger partial charge is 0.245 e. The number of hydrogen-bond acceptors (Lipinski definition) is 0. The summed E-state index contributed by atoms with van der Waals surface area (Å²) in [5, 5.41) is 0. The molecular formula is C20H45F. The molecule has 0 saturated heterocycles. The first-order valence-electron chi connectivity index (χ1n) is 7.86. The molecule has 0 radical (unpaired) electrons. The van der Waals surface area contributed by atoms with Gasteiger partial charge < -0.3 is 0 Å². The average molecular weight is 305 g/mol. The van der Waals surface area contributed by atoms with Crippen molar-refractivity contribution < 1.29 is 4.39 Å². The van der Waals surface area contributed by atoms with Crippen LogP contribution in [0, 0.1) is 11.8 Å². The molecule has 0 unspecified atom stereocenters. The Morgan fingerprint density at radius 1 is 0.667 bits per heavy atom. The molecule has 0 heterocycles. The molecule has 0 saturated carbocycles. The Hall–Kier alpha value is -0.590. The van der Waals surface area contributed by atoms with Gasteiger partial charge in [-0.3, -0.25) is 0 Å². The summed E-state index contributed by atoms with van der Waals surface area (Å²) in [6.07, 6.45) is 0. The van der Waals surface area contributed by atoms with Crippen LogP contribution >= 0.6 is 0 Å². The van der Waals surface area contributed by atoms with Crippen LogP contribution in [0.4, 0.5) is 4.39 Å². The van der Waals surface area contributed by atoms with Crippen molar-refractivity contribution >= 4 is 0 Å². The molecule has 132 valence electrons. The summed E-state index contributed by atoms with van der Waals surface area (Å²) in [6, 6.07) is 0. The van der Waals surface area contributed by atoms with Crippen LogP contribution in [0.15, 0.2) is 24.3 Å². The van der Waals surface area contributed by atoms with Crippen molar-refractivity contribution in [2.45, 2.75) is 95.7 Å². The first kappa shape index (κ1) is 32.4. The van der Waals surface area contributed by atoms with Gasteiger partial charge in [-0.1, -0.05) is 52.7 Å². The molecule has 0 N–H and O–H groups in total. The van der Waals surface area contributed by atoms with E-state index in [0.29, 0.717) is 0 Å². The van der Waals surface area contributed by atoms with Crippen LogP contribution < -0.4 is 0 Å². The van der Waals surface area contributed by atoms with Gasteiger partial charge in [0.2, 0.25) is 0 Å². The molecule has 0 fully saturated rings. The monoisotopic (exact) mass is 304 g/mol. The number of rotatable bonds is 0. The molecule has 0 nitrogen and oxygen atoms in total. The van der Waals surface area contributed by atoms with Crippen LogP contribution in [0.25, 0.3) is 0 Å². The minimum absolute atomic E-state index is 0.833. The Bertz CT molecular complexity index is 167. The fourth-order valence-electron chi connectivity index (χ4n) is 0. The van der Waals surface area contributed by atoms with E-state index in [1.165, 1.54) is 31.9 Å². The van der Waals surface area contributed by atoms with Crippen molar-refractivity contribution in [3.8, 4) is 0 Å². The molecule has 0 aliphatic carbocycles. The van der Waals surface area contributed by atoms with E-state index in [1.807, 2.05) is 27.7 Å². The molecule has 0 aromatic heterocycles. The molecule has 0 aliphatic rings. The Morgan fingerprint density at radius 3 is 0.667 bits per heavy atom. The lowest BCUT2D eigenvalue weighted by atomic mass is 10.2. The van der Waals surface area contributed by atoms with Gasteiger partial charge in [0.1, 0.15) is 5.67 Å². The predicted molar refractivity (Wildman–Crippen MR) is 103 cm³/mol. The maximum absolute atomic E-state index is 11.7. The van der Waals surface area contributed by atoms with Gasteiger partial charge in [-0.25, -0.2) is 4.39 Å². The quantitative estimate of drug-likeness (QED) is 0.395. The molecule has 0 aliphatic heterocycles. The van der Waals surface area contributed by atoms with Crippen LogP contribution in [-0.2, 0) is 0 Å². The lowest BCUT2D eigenvalue weighted by Gasteiger charge is -1.99. The Balaban J connectivity index is -0.0000000510. The molecule has 0 spiro atoms. The molecule has 0 aromatic carbocycles. The van der Waals surface area contributed by atoms with E-state index in [9.17, 15) is 4.39 Å². The van der Waals surface area contributed by atoms with Gasteiger partial charge in [0.25, 0.3) is 0 Å². The second-order valence-electron chi connectivity index (χ2n) is 7.95. The number of halogens is 1. The zero-order valence-corrected chi connectivity index (χ0v) is 17.4. The summed E-state index contributed by atoms with van der Waals surface area (Å²) in [6.45, 7) is 32.6. The summed E-state index contributed by atoms with van der Waals surface area (Å²) in [4.78, 5) is 0. The number of alkyl halides is 1. The third kappa shape index (κ3) is 16900. The molecule has 0 bridgehead atoms. The summed E-state index contributed by atoms with van der Waals surface area (Å²) in [7, 11) is 0. The van der Waals surface area contributed by atoms with Gasteiger partial charge >= 0.3 is 0 Å². The van der Waals surface area contributed by atoms with Crippen LogP contribution in [-0.4, -0.2) is 5.67 Å². The number of hydrogen-bond donors (Lipinski definition) is 0. The Morgan fingerprint density at radius 2 is 0.667 bits per heavy atom. The highest BCUT2D eigenvalue weighted by Gasteiger charge is 2.01. The van der Waals surface area contributed by atoms with E-state index in [-0.39, 0.29) is 0 Å². The summed E-state index contributed by atoms with van der Waals surface area (Å²) >= 11 is 0. The van der Waals surface area contributed by atoms with Crippen molar-refractivity contribution in [2.24, 2.45) is 11.8 Å². The SMILES string of the molecule is C=C(C)C.C=C(C)C.CC(C)(C)F.CC(C)C.CC(C)C. The highest BCUT2D eigenvalue weighted by Crippen LogP contribution is 2.02. The minimum atomic E-state index is -1.00. The van der Waals surface area contributed by atoms with E-state index in [1.54, 1.807) is 0 Å². The van der Waals surface area contributed by atoms with Crippen molar-refractivity contribution in [2.75, 3.05) is 0 Å². The van der Waals surface area contributed by atoms with Crippen molar-refractivity contribution in [3.05, 3.63) is 24.3 Å². The van der Waals surface area contributed by atoms with E-state index in [4.69, 9.17) is 0 Å². The third-order valence-electron chi connectivity index (χ3n) is 0. The molecule has 0 amide bonds. The minimum Gasteiger partial charge on any atom is -0.245 e. The first-order chi connectivity index (χ1) is 8.93. The first-order valence-corrected chi connectivity index (χ1v) is 7.86. The van der Waals surface area contributed by atoms with Crippen LogP contribution in [0.2, 0.25) is 0 Å². The fourth-order valence-corrected chi connectivity index (χ4v) is 0. The third-order valence-corrected chi connectivity index (χ3v) is 0. The molecular weight excluding hydrogens is 259 g/mol. The molecule has 1 heteroatoms. The molecule has 21 heavy (non-hydrogen) atoms. The van der Waals surface area contributed by atoms with Gasteiger partial charge in [0, 0.05) is 0 Å². The second-order valence-corrected chi connectivity index (χ2v) is 7.95. The lowest BCUT2D eigenvalue weighted by Crippen LogP contribution is -2.01. The summed E-state index contributed by atoms with van der Waals surface area (Å²) in [5.74, 6) is 1.67. The summed E-state index contributed by atoms with van der Waals surface area (Å²) in [5.41, 5.74) is 1.33. The van der Waals surface area contributed by atoms with Crippen LogP contribution in [0.1, 0.15) is 90.0 Å². The molecule has 0 atom stereocenters. The smallest absolute Gasteiger partial charge is 0.102 e. The van der Waals surface area contributed by atoms with E-state index in [2.05, 4.69) is 54.7 Å². The fraction of sp³-hybridized carbons (Fsp3) is 0.800. The second kappa shape index (κ2) is 21.7. The lowest BCUT2D eigenvalue weighted by molar-refractivity contribution is 0.246. The van der Waals surface area contributed by atoms with Gasteiger partial charge in [-0.2, -0.15) is 0 Å². The van der Waals surface area contributed by atoms with Crippen molar-refractivity contribution in [1.82, 2.24) is 0 Å².